The molecule has 0 bridgehead atoms. The molecule has 0 unspecified atom stereocenters. The Morgan fingerprint density at radius 2 is 1.68 bits per heavy atom. The lowest BCUT2D eigenvalue weighted by molar-refractivity contribution is -0.662. The second-order valence-electron chi connectivity index (χ2n) is 4.68. The monoisotopic (exact) mass is 361 g/mol. The Kier molecular flexibility index (Phi) is 4.53. The quantitative estimate of drug-likeness (QED) is 0.462. The van der Waals surface area contributed by atoms with E-state index >= 15 is 0 Å². The second-order valence-corrected chi connectivity index (χ2v) is 4.68. The molecular weight excluding hydrogens is 345 g/mol. The number of nitrogens with zero attached hydrogens (tertiary/aromatic N) is 1. The maximum Gasteiger partial charge on any atom is 0.213 e. The van der Waals surface area contributed by atoms with Crippen molar-refractivity contribution in [3.8, 4) is 0 Å². The van der Waals surface area contributed by atoms with Crippen LogP contribution >= 0.6 is 0 Å². The Morgan fingerprint density at radius 3 is 2.47 bits per heavy atom. The maximum absolute atomic E-state index is 2.30. The van der Waals surface area contributed by atoms with Gasteiger partial charge in [-0.3, -0.25) is 0 Å². The molecule has 2 aromatic carbocycles. The number of hydrogen-bond acceptors (Lipinski definition) is 0. The van der Waals surface area contributed by atoms with E-state index in [1.54, 1.807) is 0 Å². The van der Waals surface area contributed by atoms with Gasteiger partial charge in [0.15, 0.2) is 12.7 Å². The maximum atomic E-state index is 2.30. The number of hydrogen-bond donors (Lipinski definition) is 0. The van der Waals surface area contributed by atoms with Crippen molar-refractivity contribution in [3.63, 3.8) is 0 Å². The first kappa shape index (κ1) is 14.0. The summed E-state index contributed by atoms with van der Waals surface area (Å²) >= 11 is 0. The van der Waals surface area contributed by atoms with Gasteiger partial charge < -0.3 is 24.0 Å². The van der Waals surface area contributed by atoms with Gasteiger partial charge >= 0.3 is 0 Å². The minimum atomic E-state index is 0. The van der Waals surface area contributed by atoms with Crippen molar-refractivity contribution < 1.29 is 28.5 Å². The fourth-order valence-electron chi connectivity index (χ4n) is 2.29. The van der Waals surface area contributed by atoms with Gasteiger partial charge in [0.2, 0.25) is 5.52 Å². The predicted molar refractivity (Wildman–Crippen MR) is 74.4 cm³/mol. The Bertz CT molecular complexity index is 677. The lowest BCUT2D eigenvalue weighted by atomic mass is 10.1. The van der Waals surface area contributed by atoms with E-state index in [-0.39, 0.29) is 24.0 Å². The molecule has 0 atom stereocenters. The van der Waals surface area contributed by atoms with Crippen LogP contribution in [-0.4, -0.2) is 0 Å². The molecule has 0 N–H and O–H groups in total. The third-order valence-electron chi connectivity index (χ3n) is 3.23. The summed E-state index contributed by atoms with van der Waals surface area (Å²) in [7, 11) is 0. The largest absolute Gasteiger partial charge is 1.00 e. The molecule has 3 rings (SSSR count). The van der Waals surface area contributed by atoms with Gasteiger partial charge in [0.05, 0.1) is 0 Å². The van der Waals surface area contributed by atoms with Crippen LogP contribution in [0.2, 0.25) is 0 Å². The fraction of sp³-hybridized carbons (Fsp3) is 0.118. The van der Waals surface area contributed by atoms with Crippen molar-refractivity contribution in [1.82, 2.24) is 0 Å². The molecule has 1 nitrogen and oxygen atoms in total. The molecule has 19 heavy (non-hydrogen) atoms. The highest BCUT2D eigenvalue weighted by Crippen LogP contribution is 2.12. The number of halogens is 1. The van der Waals surface area contributed by atoms with Gasteiger partial charge in [-0.15, -0.1) is 0 Å². The highest BCUT2D eigenvalue weighted by Gasteiger charge is 2.08. The number of rotatable bonds is 2. The summed E-state index contributed by atoms with van der Waals surface area (Å²) in [5.74, 6) is 0. The van der Waals surface area contributed by atoms with Gasteiger partial charge in [-0.25, -0.2) is 0 Å². The van der Waals surface area contributed by atoms with Crippen LogP contribution < -0.4 is 28.5 Å². The van der Waals surface area contributed by atoms with Crippen molar-refractivity contribution in [1.29, 1.82) is 0 Å². The minimum Gasteiger partial charge on any atom is -1.00 e. The Balaban J connectivity index is 0.00000133. The van der Waals surface area contributed by atoms with Gasteiger partial charge in [0.25, 0.3) is 0 Å². The molecule has 0 aliphatic rings. The molecule has 2 heteroatoms. The van der Waals surface area contributed by atoms with E-state index in [0.717, 1.165) is 6.54 Å². The van der Waals surface area contributed by atoms with Crippen LogP contribution in [0.4, 0.5) is 0 Å². The minimum absolute atomic E-state index is 0. The molecule has 1 aromatic heterocycles. The highest BCUT2D eigenvalue weighted by atomic mass is 127. The summed E-state index contributed by atoms with van der Waals surface area (Å²) in [5.41, 5.74) is 3.92. The Labute approximate surface area is 130 Å². The van der Waals surface area contributed by atoms with Gasteiger partial charge in [0, 0.05) is 23.1 Å². The summed E-state index contributed by atoms with van der Waals surface area (Å²) in [4.78, 5) is 0. The zero-order chi connectivity index (χ0) is 12.4. The molecule has 0 aliphatic heterocycles. The topological polar surface area (TPSA) is 3.88 Å². The molecular formula is C17H16IN. The van der Waals surface area contributed by atoms with Crippen molar-refractivity contribution in [2.75, 3.05) is 0 Å². The summed E-state index contributed by atoms with van der Waals surface area (Å²) in [6, 6.07) is 21.4. The normalized spacial score (nSPS) is 10.2. The zero-order valence-corrected chi connectivity index (χ0v) is 13.0. The molecule has 0 spiro atoms. The van der Waals surface area contributed by atoms with Crippen LogP contribution in [0.15, 0.2) is 66.9 Å². The summed E-state index contributed by atoms with van der Waals surface area (Å²) in [5, 5.41) is 1.29. The molecule has 0 radical (unpaired) electrons. The van der Waals surface area contributed by atoms with E-state index < -0.39 is 0 Å². The van der Waals surface area contributed by atoms with Gasteiger partial charge in [0.1, 0.15) is 0 Å². The Hall–Kier alpha value is -1.42. The number of aryl methyl sites for hydroxylation is 1. The fourth-order valence-corrected chi connectivity index (χ4v) is 2.29. The van der Waals surface area contributed by atoms with Crippen molar-refractivity contribution in [2.45, 2.75) is 13.5 Å². The SMILES string of the molecule is Cc1ccc2ccc[n+](Cc3ccccc3)c2c1.[I-]. The number of pyridine rings is 1. The average Bonchev–Trinajstić information content (AvgIpc) is 2.41. The van der Waals surface area contributed by atoms with Crippen LogP contribution in [0.25, 0.3) is 10.9 Å². The summed E-state index contributed by atoms with van der Waals surface area (Å²) < 4.78 is 2.30. The van der Waals surface area contributed by atoms with E-state index in [9.17, 15) is 0 Å². The highest BCUT2D eigenvalue weighted by molar-refractivity contribution is 5.75. The van der Waals surface area contributed by atoms with Gasteiger partial charge in [-0.1, -0.05) is 36.4 Å². The van der Waals surface area contributed by atoms with Crippen molar-refractivity contribution in [3.05, 3.63) is 78.0 Å². The average molecular weight is 361 g/mol. The molecule has 96 valence electrons. The van der Waals surface area contributed by atoms with Gasteiger partial charge in [-0.05, 0) is 24.6 Å². The van der Waals surface area contributed by atoms with Crippen LogP contribution in [0.5, 0.6) is 0 Å². The number of aromatic nitrogens is 1. The first-order chi connectivity index (χ1) is 8.83. The first-order valence-corrected chi connectivity index (χ1v) is 6.26. The second kappa shape index (κ2) is 6.15. The van der Waals surface area contributed by atoms with Crippen LogP contribution in [0, 0.1) is 6.92 Å². The molecule has 0 fully saturated rings. The van der Waals surface area contributed by atoms with Gasteiger partial charge in [-0.2, -0.15) is 4.57 Å². The molecule has 0 aliphatic carbocycles. The third-order valence-corrected chi connectivity index (χ3v) is 3.23. The van der Waals surface area contributed by atoms with E-state index in [4.69, 9.17) is 0 Å². The summed E-state index contributed by atoms with van der Waals surface area (Å²) in [6.07, 6.45) is 2.15. The smallest absolute Gasteiger partial charge is 0.213 e. The van der Waals surface area contributed by atoms with Crippen LogP contribution in [0.3, 0.4) is 0 Å². The summed E-state index contributed by atoms with van der Waals surface area (Å²) in [6.45, 7) is 3.06. The lowest BCUT2D eigenvalue weighted by Gasteiger charge is -2.02. The van der Waals surface area contributed by atoms with E-state index in [0.29, 0.717) is 0 Å². The predicted octanol–water partition coefficient (Wildman–Crippen LogP) is 0.488. The lowest BCUT2D eigenvalue weighted by Crippen LogP contribution is -3.00. The Morgan fingerprint density at radius 1 is 0.895 bits per heavy atom. The molecule has 3 aromatic rings. The molecule has 1 heterocycles. The van der Waals surface area contributed by atoms with Crippen LogP contribution in [-0.2, 0) is 6.54 Å². The molecule has 0 amide bonds. The van der Waals surface area contributed by atoms with E-state index in [1.165, 1.54) is 22.0 Å². The van der Waals surface area contributed by atoms with Crippen LogP contribution in [0.1, 0.15) is 11.1 Å². The zero-order valence-electron chi connectivity index (χ0n) is 10.9. The van der Waals surface area contributed by atoms with Crippen molar-refractivity contribution >= 4 is 10.9 Å². The number of fused-ring (bicyclic) bond motifs is 1. The number of benzene rings is 2. The first-order valence-electron chi connectivity index (χ1n) is 6.26. The molecule has 0 saturated heterocycles. The standard InChI is InChI=1S/C17H16N.HI/c1-14-9-10-16-8-5-11-18(17(16)12-14)13-15-6-3-2-4-7-15;/h2-12H,13H2,1H3;1H/q+1;/p-1. The van der Waals surface area contributed by atoms with E-state index in [1.807, 2.05) is 0 Å². The molecule has 0 saturated carbocycles. The van der Waals surface area contributed by atoms with E-state index in [2.05, 4.69) is 78.4 Å². The third kappa shape index (κ3) is 3.13. The van der Waals surface area contributed by atoms with Crippen molar-refractivity contribution in [2.24, 2.45) is 0 Å².